The highest BCUT2D eigenvalue weighted by Crippen LogP contribution is 2.35. The van der Waals surface area contributed by atoms with Crippen LogP contribution in [0.25, 0.3) is 0 Å². The van der Waals surface area contributed by atoms with E-state index in [2.05, 4.69) is 5.32 Å². The molecule has 1 aromatic rings. The zero-order chi connectivity index (χ0) is 11.0. The van der Waals surface area contributed by atoms with Crippen LogP contribution in [0, 0.1) is 5.92 Å². The molecule has 2 N–H and O–H groups in total. The van der Waals surface area contributed by atoms with Crippen LogP contribution in [0.3, 0.4) is 0 Å². The van der Waals surface area contributed by atoms with Gasteiger partial charge in [0.25, 0.3) is 0 Å². The molecule has 1 aliphatic rings. The van der Waals surface area contributed by atoms with Gasteiger partial charge in [0, 0.05) is 5.92 Å². The number of hydrogen-bond donors (Lipinski definition) is 2. The molecule has 1 aromatic heterocycles. The number of nitrogens with one attached hydrogen (secondary N) is 1. The van der Waals surface area contributed by atoms with E-state index in [-0.39, 0.29) is 17.4 Å². The minimum Gasteiger partial charge on any atom is -0.478 e. The van der Waals surface area contributed by atoms with Gasteiger partial charge in [0.1, 0.15) is 5.00 Å². The third-order valence-corrected chi connectivity index (χ3v) is 3.30. The first kappa shape index (κ1) is 10.4. The SMILES string of the molecule is O=C(O)c1cc(Cl)sc1NC(=O)C1CC1. The normalized spacial score (nSPS) is 15.0. The smallest absolute Gasteiger partial charge is 0.338 e. The van der Waals surface area contributed by atoms with Crippen LogP contribution in [0.2, 0.25) is 4.34 Å². The van der Waals surface area contributed by atoms with E-state index in [9.17, 15) is 9.59 Å². The molecule has 0 bridgehead atoms. The van der Waals surface area contributed by atoms with Crippen LogP contribution in [0.5, 0.6) is 0 Å². The van der Waals surface area contributed by atoms with Gasteiger partial charge in [0.05, 0.1) is 9.90 Å². The topological polar surface area (TPSA) is 66.4 Å². The molecule has 1 amide bonds. The molecule has 0 saturated heterocycles. The lowest BCUT2D eigenvalue weighted by molar-refractivity contribution is -0.117. The van der Waals surface area contributed by atoms with Crippen molar-refractivity contribution in [1.82, 2.24) is 0 Å². The standard InChI is InChI=1S/C9H8ClNO3S/c10-6-3-5(9(13)14)8(15-6)11-7(12)4-1-2-4/h3-4H,1-2H2,(H,11,12)(H,13,14). The minimum atomic E-state index is -1.08. The minimum absolute atomic E-state index is 0.0486. The molecule has 0 spiro atoms. The van der Waals surface area contributed by atoms with Crippen molar-refractivity contribution >= 4 is 39.8 Å². The molecule has 1 aliphatic carbocycles. The van der Waals surface area contributed by atoms with E-state index in [1.807, 2.05) is 0 Å². The summed E-state index contributed by atoms with van der Waals surface area (Å²) in [6.07, 6.45) is 1.76. The van der Waals surface area contributed by atoms with Gasteiger partial charge in [-0.25, -0.2) is 4.79 Å². The Morgan fingerprint density at radius 1 is 1.53 bits per heavy atom. The van der Waals surface area contributed by atoms with Gasteiger partial charge < -0.3 is 10.4 Å². The quantitative estimate of drug-likeness (QED) is 0.860. The van der Waals surface area contributed by atoms with Gasteiger partial charge in [-0.15, -0.1) is 11.3 Å². The summed E-state index contributed by atoms with van der Waals surface area (Å²) in [4.78, 5) is 22.2. The second-order valence-electron chi connectivity index (χ2n) is 3.36. The number of carboxylic acid groups (broad SMARTS) is 1. The molecule has 1 saturated carbocycles. The van der Waals surface area contributed by atoms with Gasteiger partial charge in [0.2, 0.25) is 5.91 Å². The molecule has 0 atom stereocenters. The summed E-state index contributed by atoms with van der Waals surface area (Å²) in [7, 11) is 0. The van der Waals surface area contributed by atoms with Gasteiger partial charge in [0.15, 0.2) is 0 Å². The molecule has 1 heterocycles. The average Bonchev–Trinajstić information content (AvgIpc) is 2.91. The lowest BCUT2D eigenvalue weighted by atomic mass is 10.3. The lowest BCUT2D eigenvalue weighted by Crippen LogP contribution is -2.14. The van der Waals surface area contributed by atoms with E-state index in [1.54, 1.807) is 0 Å². The lowest BCUT2D eigenvalue weighted by Gasteiger charge is -2.01. The molecule has 4 nitrogen and oxygen atoms in total. The Hall–Kier alpha value is -1.07. The molecule has 15 heavy (non-hydrogen) atoms. The van der Waals surface area contributed by atoms with Crippen molar-refractivity contribution in [3.8, 4) is 0 Å². The molecule has 0 unspecified atom stereocenters. The molecule has 0 aliphatic heterocycles. The third-order valence-electron chi connectivity index (χ3n) is 2.12. The van der Waals surface area contributed by atoms with Crippen molar-refractivity contribution in [2.24, 2.45) is 5.92 Å². The Labute approximate surface area is 94.9 Å². The maximum Gasteiger partial charge on any atom is 0.338 e. The number of amides is 1. The fourth-order valence-electron chi connectivity index (χ4n) is 1.17. The fraction of sp³-hybridized carbons (Fsp3) is 0.333. The highest BCUT2D eigenvalue weighted by Gasteiger charge is 2.30. The molecule has 80 valence electrons. The van der Waals surface area contributed by atoms with E-state index in [4.69, 9.17) is 16.7 Å². The summed E-state index contributed by atoms with van der Waals surface area (Å²) in [5, 5.41) is 11.8. The Bertz CT molecular complexity index is 425. The molecule has 1 fully saturated rings. The number of carbonyl (C=O) groups excluding carboxylic acids is 1. The van der Waals surface area contributed by atoms with Crippen LogP contribution >= 0.6 is 22.9 Å². The summed E-state index contributed by atoms with van der Waals surface area (Å²) in [5.74, 6) is -1.15. The maximum absolute atomic E-state index is 11.4. The Morgan fingerprint density at radius 2 is 2.20 bits per heavy atom. The van der Waals surface area contributed by atoms with Gasteiger partial charge >= 0.3 is 5.97 Å². The monoisotopic (exact) mass is 245 g/mol. The molecule has 6 heteroatoms. The van der Waals surface area contributed by atoms with E-state index in [1.165, 1.54) is 6.07 Å². The van der Waals surface area contributed by atoms with E-state index in [0.29, 0.717) is 9.34 Å². The molecular weight excluding hydrogens is 238 g/mol. The van der Waals surface area contributed by atoms with Gasteiger partial charge in [-0.2, -0.15) is 0 Å². The van der Waals surface area contributed by atoms with Crippen molar-refractivity contribution < 1.29 is 14.7 Å². The number of aromatic carboxylic acids is 1. The highest BCUT2D eigenvalue weighted by molar-refractivity contribution is 7.20. The van der Waals surface area contributed by atoms with Crippen LogP contribution < -0.4 is 5.32 Å². The van der Waals surface area contributed by atoms with Crippen molar-refractivity contribution in [2.75, 3.05) is 5.32 Å². The number of carboxylic acids is 1. The van der Waals surface area contributed by atoms with E-state index in [0.717, 1.165) is 24.2 Å². The predicted molar refractivity (Wildman–Crippen MR) is 57.6 cm³/mol. The van der Waals surface area contributed by atoms with E-state index < -0.39 is 5.97 Å². The van der Waals surface area contributed by atoms with Crippen LogP contribution in [0.4, 0.5) is 5.00 Å². The molecular formula is C9H8ClNO3S. The largest absolute Gasteiger partial charge is 0.478 e. The molecule has 0 radical (unpaired) electrons. The molecule has 2 rings (SSSR count). The number of rotatable bonds is 3. The zero-order valence-electron chi connectivity index (χ0n) is 7.62. The van der Waals surface area contributed by atoms with Gasteiger partial charge in [-0.3, -0.25) is 4.79 Å². The highest BCUT2D eigenvalue weighted by atomic mass is 35.5. The van der Waals surface area contributed by atoms with E-state index >= 15 is 0 Å². The Kier molecular flexibility index (Phi) is 2.67. The van der Waals surface area contributed by atoms with Crippen LogP contribution in [-0.4, -0.2) is 17.0 Å². The van der Waals surface area contributed by atoms with Crippen LogP contribution in [-0.2, 0) is 4.79 Å². The number of thiophene rings is 1. The number of hydrogen-bond acceptors (Lipinski definition) is 3. The fourth-order valence-corrected chi connectivity index (χ4v) is 2.29. The number of anilines is 1. The average molecular weight is 246 g/mol. The Balaban J connectivity index is 2.18. The zero-order valence-corrected chi connectivity index (χ0v) is 9.19. The summed E-state index contributed by atoms with van der Waals surface area (Å²) in [5.41, 5.74) is 0.0546. The summed E-state index contributed by atoms with van der Waals surface area (Å²) >= 11 is 6.76. The summed E-state index contributed by atoms with van der Waals surface area (Å²) in [6, 6.07) is 1.34. The maximum atomic E-state index is 11.4. The van der Waals surface area contributed by atoms with Gasteiger partial charge in [-0.05, 0) is 18.9 Å². The summed E-state index contributed by atoms with van der Waals surface area (Å²) < 4.78 is 0.360. The summed E-state index contributed by atoms with van der Waals surface area (Å²) in [6.45, 7) is 0. The van der Waals surface area contributed by atoms with Crippen LogP contribution in [0.1, 0.15) is 23.2 Å². The van der Waals surface area contributed by atoms with Gasteiger partial charge in [-0.1, -0.05) is 11.6 Å². The van der Waals surface area contributed by atoms with Crippen molar-refractivity contribution in [3.63, 3.8) is 0 Å². The predicted octanol–water partition coefficient (Wildman–Crippen LogP) is 2.45. The van der Waals surface area contributed by atoms with Crippen LogP contribution in [0.15, 0.2) is 6.07 Å². The van der Waals surface area contributed by atoms with Crippen molar-refractivity contribution in [1.29, 1.82) is 0 Å². The number of halogens is 1. The first-order valence-electron chi connectivity index (χ1n) is 4.41. The Morgan fingerprint density at radius 3 is 2.73 bits per heavy atom. The third kappa shape index (κ3) is 2.30. The number of carbonyl (C=O) groups is 2. The second kappa shape index (κ2) is 3.83. The van der Waals surface area contributed by atoms with Crippen molar-refractivity contribution in [2.45, 2.75) is 12.8 Å². The first-order chi connectivity index (χ1) is 7.08. The first-order valence-corrected chi connectivity index (χ1v) is 5.61. The molecule has 0 aromatic carbocycles. The van der Waals surface area contributed by atoms with Crippen molar-refractivity contribution in [3.05, 3.63) is 16.0 Å². The second-order valence-corrected chi connectivity index (χ2v) is 5.05.